The van der Waals surface area contributed by atoms with Crippen LogP contribution in [0.4, 0.5) is 23.1 Å². The van der Waals surface area contributed by atoms with Crippen LogP contribution in [0, 0.1) is 20.8 Å². The van der Waals surface area contributed by atoms with Gasteiger partial charge in [0.1, 0.15) is 12.4 Å². The summed E-state index contributed by atoms with van der Waals surface area (Å²) in [5.41, 5.74) is 3.00. The molecular formula is C26H33N5O4S. The summed E-state index contributed by atoms with van der Waals surface area (Å²) in [6.07, 6.45) is 3.56. The highest BCUT2D eigenvalue weighted by atomic mass is 32.2. The lowest BCUT2D eigenvalue weighted by Crippen LogP contribution is -2.36. The molecule has 0 bridgehead atoms. The lowest BCUT2D eigenvalue weighted by Gasteiger charge is -2.25. The van der Waals surface area contributed by atoms with Crippen molar-refractivity contribution in [3.8, 4) is 0 Å². The molecule has 0 aliphatic rings. The van der Waals surface area contributed by atoms with Crippen molar-refractivity contribution in [2.45, 2.75) is 58.4 Å². The number of anilines is 4. The lowest BCUT2D eigenvalue weighted by molar-refractivity contribution is -0.135. The van der Waals surface area contributed by atoms with Crippen LogP contribution in [0.15, 0.2) is 53.6 Å². The van der Waals surface area contributed by atoms with Crippen molar-refractivity contribution in [3.05, 3.63) is 65.4 Å². The number of benzene rings is 2. The van der Waals surface area contributed by atoms with Crippen LogP contribution in [0.3, 0.4) is 0 Å². The van der Waals surface area contributed by atoms with Gasteiger partial charge >= 0.3 is 5.97 Å². The summed E-state index contributed by atoms with van der Waals surface area (Å²) in [6, 6.07) is 12.1. The zero-order valence-electron chi connectivity index (χ0n) is 21.2. The van der Waals surface area contributed by atoms with Crippen molar-refractivity contribution < 1.29 is 18.3 Å². The molecule has 3 rings (SSSR count). The zero-order valence-corrected chi connectivity index (χ0v) is 22.1. The molecule has 3 N–H and O–H groups in total. The molecule has 0 amide bonds. The van der Waals surface area contributed by atoms with E-state index in [1.165, 1.54) is 0 Å². The number of hydrogen-bond acceptors (Lipinski definition) is 7. The van der Waals surface area contributed by atoms with E-state index < -0.39 is 22.5 Å². The molecule has 2 aromatic carbocycles. The average molecular weight is 512 g/mol. The Hall–Kier alpha value is -3.66. The molecule has 0 aliphatic carbocycles. The zero-order chi connectivity index (χ0) is 26.5. The summed E-state index contributed by atoms with van der Waals surface area (Å²) in [7, 11) is -4.12. The average Bonchev–Trinajstić information content (AvgIpc) is 2.81. The minimum absolute atomic E-state index is 0.120. The smallest absolute Gasteiger partial charge is 0.324 e. The van der Waals surface area contributed by atoms with E-state index in [9.17, 15) is 18.3 Å². The molecule has 0 aliphatic heterocycles. The fourth-order valence-electron chi connectivity index (χ4n) is 4.15. The van der Waals surface area contributed by atoms with Gasteiger partial charge in [-0.2, -0.15) is 4.98 Å². The molecule has 1 aromatic heterocycles. The molecule has 10 heteroatoms. The minimum atomic E-state index is -4.12. The lowest BCUT2D eigenvalue weighted by atomic mass is 10.1. The Labute approximate surface area is 212 Å². The fourth-order valence-corrected chi connectivity index (χ4v) is 5.99. The van der Waals surface area contributed by atoms with E-state index in [2.05, 4.69) is 34.4 Å². The maximum Gasteiger partial charge on any atom is 0.324 e. The van der Waals surface area contributed by atoms with Crippen molar-refractivity contribution in [3.63, 3.8) is 0 Å². The molecule has 0 saturated heterocycles. The molecule has 0 fully saturated rings. The summed E-state index contributed by atoms with van der Waals surface area (Å²) in [5.74, 6) is -0.151. The highest BCUT2D eigenvalue weighted by molar-refractivity contribution is 7.93. The van der Waals surface area contributed by atoms with Crippen LogP contribution in [-0.4, -0.2) is 42.0 Å². The van der Waals surface area contributed by atoms with E-state index in [4.69, 9.17) is 0 Å². The van der Waals surface area contributed by atoms with Gasteiger partial charge in [-0.15, -0.1) is 0 Å². The van der Waals surface area contributed by atoms with Crippen LogP contribution in [0.1, 0.15) is 43.4 Å². The molecule has 0 unspecified atom stereocenters. The van der Waals surface area contributed by atoms with Crippen molar-refractivity contribution in [1.82, 2.24) is 9.97 Å². The van der Waals surface area contributed by atoms with E-state index in [0.717, 1.165) is 22.7 Å². The van der Waals surface area contributed by atoms with Crippen molar-refractivity contribution in [1.29, 1.82) is 0 Å². The SMILES string of the molecule is CCC(CC)Nc1nccc(Nc2ccc(N(CC(=O)O)S(=O)(=O)c3c(C)cc(C)cc3C)cc2)n1. The Balaban J connectivity index is 1.89. The number of rotatable bonds is 11. The third-order valence-corrected chi connectivity index (χ3v) is 7.91. The van der Waals surface area contributed by atoms with Gasteiger partial charge in [0, 0.05) is 17.9 Å². The molecule has 0 spiro atoms. The number of hydrogen-bond donors (Lipinski definition) is 3. The maximum atomic E-state index is 13.6. The van der Waals surface area contributed by atoms with Crippen LogP contribution in [0.5, 0.6) is 0 Å². The monoisotopic (exact) mass is 511 g/mol. The molecular weight excluding hydrogens is 478 g/mol. The Morgan fingerprint density at radius 1 is 1.03 bits per heavy atom. The van der Waals surface area contributed by atoms with Crippen molar-refractivity contribution in [2.75, 3.05) is 21.5 Å². The fraction of sp³-hybridized carbons (Fsp3) is 0.346. The minimum Gasteiger partial charge on any atom is -0.480 e. The third-order valence-electron chi connectivity index (χ3n) is 5.83. The van der Waals surface area contributed by atoms with Gasteiger partial charge in [0.2, 0.25) is 5.95 Å². The molecule has 3 aromatic rings. The molecule has 1 heterocycles. The number of carboxylic acid groups (broad SMARTS) is 1. The van der Waals surface area contributed by atoms with Gasteiger partial charge in [-0.3, -0.25) is 9.10 Å². The second kappa shape index (κ2) is 11.4. The molecule has 192 valence electrons. The molecule has 36 heavy (non-hydrogen) atoms. The van der Waals surface area contributed by atoms with Crippen LogP contribution in [0.25, 0.3) is 0 Å². The van der Waals surface area contributed by atoms with Gasteiger partial charge < -0.3 is 15.7 Å². The summed E-state index contributed by atoms with van der Waals surface area (Å²) in [4.78, 5) is 20.5. The van der Waals surface area contributed by atoms with E-state index in [1.54, 1.807) is 62.5 Å². The van der Waals surface area contributed by atoms with E-state index >= 15 is 0 Å². The highest BCUT2D eigenvalue weighted by Gasteiger charge is 2.30. The van der Waals surface area contributed by atoms with E-state index in [-0.39, 0.29) is 16.6 Å². The highest BCUT2D eigenvalue weighted by Crippen LogP contribution is 2.30. The second-order valence-corrected chi connectivity index (χ2v) is 10.5. The largest absolute Gasteiger partial charge is 0.480 e. The van der Waals surface area contributed by atoms with Gasteiger partial charge in [0.05, 0.1) is 10.6 Å². The van der Waals surface area contributed by atoms with Crippen LogP contribution in [0.2, 0.25) is 0 Å². The maximum absolute atomic E-state index is 13.6. The summed E-state index contributed by atoms with van der Waals surface area (Å²) in [5, 5.41) is 16.0. The number of aromatic nitrogens is 2. The summed E-state index contributed by atoms with van der Waals surface area (Å²) >= 11 is 0. The van der Waals surface area contributed by atoms with Gasteiger partial charge in [0.15, 0.2) is 0 Å². The first-order valence-corrected chi connectivity index (χ1v) is 13.3. The van der Waals surface area contributed by atoms with Gasteiger partial charge in [-0.1, -0.05) is 31.5 Å². The first-order valence-electron chi connectivity index (χ1n) is 11.8. The number of aliphatic carboxylic acids is 1. The Morgan fingerprint density at radius 2 is 1.64 bits per heavy atom. The number of carbonyl (C=O) groups is 1. The number of carboxylic acids is 1. The molecule has 0 saturated carbocycles. The predicted molar refractivity (Wildman–Crippen MR) is 143 cm³/mol. The van der Waals surface area contributed by atoms with Crippen LogP contribution in [-0.2, 0) is 14.8 Å². The van der Waals surface area contributed by atoms with E-state index in [0.29, 0.717) is 28.6 Å². The van der Waals surface area contributed by atoms with Crippen LogP contribution < -0.4 is 14.9 Å². The number of sulfonamides is 1. The first-order chi connectivity index (χ1) is 17.0. The summed E-state index contributed by atoms with van der Waals surface area (Å²) in [6.45, 7) is 8.82. The number of nitrogens with zero attached hydrogens (tertiary/aromatic N) is 3. The molecule has 9 nitrogen and oxygen atoms in total. The normalized spacial score (nSPS) is 11.4. The Bertz CT molecular complexity index is 1300. The first kappa shape index (κ1) is 26.9. The number of nitrogens with one attached hydrogen (secondary N) is 2. The quantitative estimate of drug-likeness (QED) is 0.328. The van der Waals surface area contributed by atoms with E-state index in [1.807, 2.05) is 6.92 Å². The van der Waals surface area contributed by atoms with Crippen LogP contribution >= 0.6 is 0 Å². The van der Waals surface area contributed by atoms with Gasteiger partial charge in [0.25, 0.3) is 10.0 Å². The predicted octanol–water partition coefficient (Wildman–Crippen LogP) is 5.03. The van der Waals surface area contributed by atoms with Crippen molar-refractivity contribution in [2.24, 2.45) is 0 Å². The molecule has 0 radical (unpaired) electrons. The standard InChI is InChI=1S/C26H33N5O4S/c1-6-20(7-2)29-26-27-13-12-23(30-26)28-21-8-10-22(11-9-21)31(16-24(32)33)36(34,35)25-18(4)14-17(3)15-19(25)5/h8-15,20H,6-7,16H2,1-5H3,(H,32,33)(H2,27,28,29,30). The van der Waals surface area contributed by atoms with Gasteiger partial charge in [-0.25, -0.2) is 13.4 Å². The van der Waals surface area contributed by atoms with Crippen molar-refractivity contribution >= 4 is 39.1 Å². The van der Waals surface area contributed by atoms with Gasteiger partial charge in [-0.05, 0) is 75.1 Å². The second-order valence-electron chi connectivity index (χ2n) is 8.73. The Morgan fingerprint density at radius 3 is 2.19 bits per heavy atom. The third kappa shape index (κ3) is 6.31. The Kier molecular flexibility index (Phi) is 8.52. The number of aryl methyl sites for hydroxylation is 3. The topological polar surface area (TPSA) is 125 Å². The summed E-state index contributed by atoms with van der Waals surface area (Å²) < 4.78 is 28.1. The molecule has 0 atom stereocenters.